The summed E-state index contributed by atoms with van der Waals surface area (Å²) in [6, 6.07) is 0. The van der Waals surface area contributed by atoms with Crippen LogP contribution in [0.25, 0.3) is 0 Å². The van der Waals surface area contributed by atoms with Crippen LogP contribution in [-0.2, 0) is 14.5 Å². The molecule has 0 aliphatic heterocycles. The lowest BCUT2D eigenvalue weighted by atomic mass is 10.1. The third kappa shape index (κ3) is 5.37. The number of rotatable bonds is 7. The van der Waals surface area contributed by atoms with E-state index in [1.54, 1.807) is 0 Å². The molecule has 0 spiro atoms. The van der Waals surface area contributed by atoms with Gasteiger partial charge in [0, 0.05) is 6.61 Å². The van der Waals surface area contributed by atoms with Gasteiger partial charge in [0.1, 0.15) is 0 Å². The van der Waals surface area contributed by atoms with Crippen molar-refractivity contribution in [1.29, 1.82) is 0 Å². The molecule has 0 rings (SSSR count). The number of hydrogen-bond acceptors (Lipinski definition) is 3. The van der Waals surface area contributed by atoms with Crippen molar-refractivity contribution in [1.82, 2.24) is 0 Å². The molecule has 1 unspecified atom stereocenters. The highest BCUT2D eigenvalue weighted by atomic mass is 17.2. The summed E-state index contributed by atoms with van der Waals surface area (Å²) < 4.78 is 5.30. The molecule has 0 amide bonds. The van der Waals surface area contributed by atoms with Gasteiger partial charge in [-0.15, -0.1) is 0 Å². The summed E-state index contributed by atoms with van der Waals surface area (Å²) in [4.78, 5) is 10.4. The molecular formula is C11H22O3. The Morgan fingerprint density at radius 2 is 1.93 bits per heavy atom. The average Bonchev–Trinajstić information content (AvgIpc) is 2.12. The van der Waals surface area contributed by atoms with Crippen LogP contribution in [0.1, 0.15) is 41.0 Å². The monoisotopic (exact) mass is 202 g/mol. The van der Waals surface area contributed by atoms with E-state index in [0.717, 1.165) is 12.0 Å². The van der Waals surface area contributed by atoms with E-state index in [1.807, 2.05) is 34.6 Å². The predicted octanol–water partition coefficient (Wildman–Crippen LogP) is 3.06. The van der Waals surface area contributed by atoms with Gasteiger partial charge in [-0.3, -0.25) is 0 Å². The van der Waals surface area contributed by atoms with Crippen molar-refractivity contribution in [3.05, 3.63) is 12.2 Å². The predicted molar refractivity (Wildman–Crippen MR) is 56.8 cm³/mol. The molecule has 3 heteroatoms. The Morgan fingerprint density at radius 1 is 1.36 bits per heavy atom. The van der Waals surface area contributed by atoms with Crippen molar-refractivity contribution in [2.45, 2.75) is 52.9 Å². The molecular weight excluding hydrogens is 180 g/mol. The van der Waals surface area contributed by atoms with Gasteiger partial charge in [-0.2, -0.15) is 4.89 Å². The molecule has 1 atom stereocenters. The lowest BCUT2D eigenvalue weighted by Crippen LogP contribution is -2.28. The third-order valence-corrected chi connectivity index (χ3v) is 1.93. The normalized spacial score (nSPS) is 14.1. The van der Waals surface area contributed by atoms with Gasteiger partial charge in [-0.1, -0.05) is 13.5 Å². The largest absolute Gasteiger partial charge is 0.347 e. The van der Waals surface area contributed by atoms with E-state index in [9.17, 15) is 0 Å². The second kappa shape index (κ2) is 6.17. The Labute approximate surface area is 87.0 Å². The molecule has 0 aromatic heterocycles. The smallest absolute Gasteiger partial charge is 0.212 e. The van der Waals surface area contributed by atoms with E-state index >= 15 is 0 Å². The Bertz CT molecular complexity index is 175. The highest BCUT2D eigenvalue weighted by Crippen LogP contribution is 2.17. The van der Waals surface area contributed by atoms with Crippen LogP contribution in [-0.4, -0.2) is 18.5 Å². The Hall–Kier alpha value is -0.380. The number of ether oxygens (including phenoxy) is 1. The fourth-order valence-electron chi connectivity index (χ4n) is 0.636. The van der Waals surface area contributed by atoms with Gasteiger partial charge in [0.15, 0.2) is 0 Å². The molecule has 0 radical (unpaired) electrons. The SMILES string of the molecule is C=C(C)C(OCC)OOC(C)(C)CC. The first-order valence-electron chi connectivity index (χ1n) is 5.04. The van der Waals surface area contributed by atoms with Crippen LogP contribution in [0.5, 0.6) is 0 Å². The molecule has 0 heterocycles. The first-order valence-corrected chi connectivity index (χ1v) is 5.04. The van der Waals surface area contributed by atoms with E-state index in [1.165, 1.54) is 0 Å². The topological polar surface area (TPSA) is 27.7 Å². The summed E-state index contributed by atoms with van der Waals surface area (Å²) >= 11 is 0. The maximum atomic E-state index is 5.30. The first-order chi connectivity index (χ1) is 6.43. The van der Waals surface area contributed by atoms with Crippen LogP contribution < -0.4 is 0 Å². The van der Waals surface area contributed by atoms with Crippen LogP contribution in [0.15, 0.2) is 12.2 Å². The van der Waals surface area contributed by atoms with E-state index < -0.39 is 6.29 Å². The minimum absolute atomic E-state index is 0.287. The van der Waals surface area contributed by atoms with Gasteiger partial charge in [0.05, 0.1) is 5.60 Å². The molecule has 0 fully saturated rings. The van der Waals surface area contributed by atoms with E-state index in [4.69, 9.17) is 14.5 Å². The third-order valence-electron chi connectivity index (χ3n) is 1.93. The standard InChI is InChI=1S/C11H22O3/c1-7-11(5,6)14-13-10(9(3)4)12-8-2/h10H,3,7-8H2,1-2,4-6H3. The molecule has 0 saturated carbocycles. The summed E-state index contributed by atoms with van der Waals surface area (Å²) in [5.41, 5.74) is 0.517. The van der Waals surface area contributed by atoms with E-state index in [-0.39, 0.29) is 5.60 Å². The second-order valence-corrected chi connectivity index (χ2v) is 3.93. The Kier molecular flexibility index (Phi) is 6.00. The summed E-state index contributed by atoms with van der Waals surface area (Å²) in [5.74, 6) is 0. The molecule has 0 aliphatic rings. The molecule has 0 aromatic carbocycles. The minimum atomic E-state index is -0.467. The van der Waals surface area contributed by atoms with Gasteiger partial charge in [0.2, 0.25) is 6.29 Å². The van der Waals surface area contributed by atoms with Crippen molar-refractivity contribution in [3.63, 3.8) is 0 Å². The van der Waals surface area contributed by atoms with Gasteiger partial charge in [0.25, 0.3) is 0 Å². The van der Waals surface area contributed by atoms with Crippen LogP contribution in [0, 0.1) is 0 Å². The maximum Gasteiger partial charge on any atom is 0.212 e. The zero-order chi connectivity index (χ0) is 11.2. The van der Waals surface area contributed by atoms with Crippen LogP contribution in [0.4, 0.5) is 0 Å². The molecule has 0 aromatic rings. The summed E-state index contributed by atoms with van der Waals surface area (Å²) in [6.07, 6.45) is 0.410. The van der Waals surface area contributed by atoms with Crippen LogP contribution >= 0.6 is 0 Å². The molecule has 14 heavy (non-hydrogen) atoms. The molecule has 84 valence electrons. The van der Waals surface area contributed by atoms with Crippen molar-refractivity contribution < 1.29 is 14.5 Å². The van der Waals surface area contributed by atoms with Crippen molar-refractivity contribution in [3.8, 4) is 0 Å². The maximum absolute atomic E-state index is 5.30. The lowest BCUT2D eigenvalue weighted by Gasteiger charge is -2.25. The number of hydrogen-bond donors (Lipinski definition) is 0. The molecule has 3 nitrogen and oxygen atoms in total. The van der Waals surface area contributed by atoms with Gasteiger partial charge < -0.3 is 4.74 Å². The fourth-order valence-corrected chi connectivity index (χ4v) is 0.636. The van der Waals surface area contributed by atoms with Gasteiger partial charge >= 0.3 is 0 Å². The molecule has 0 bridgehead atoms. The zero-order valence-corrected chi connectivity index (χ0v) is 9.92. The summed E-state index contributed by atoms with van der Waals surface area (Å²) in [7, 11) is 0. The summed E-state index contributed by atoms with van der Waals surface area (Å²) in [5, 5.41) is 0. The van der Waals surface area contributed by atoms with E-state index in [2.05, 4.69) is 6.58 Å². The lowest BCUT2D eigenvalue weighted by molar-refractivity contribution is -0.409. The fraction of sp³-hybridized carbons (Fsp3) is 0.818. The van der Waals surface area contributed by atoms with Gasteiger partial charge in [-0.05, 0) is 39.7 Å². The zero-order valence-electron chi connectivity index (χ0n) is 9.92. The molecule has 0 N–H and O–H groups in total. The van der Waals surface area contributed by atoms with Crippen LogP contribution in [0.2, 0.25) is 0 Å². The highest BCUT2D eigenvalue weighted by Gasteiger charge is 2.20. The van der Waals surface area contributed by atoms with Crippen molar-refractivity contribution >= 4 is 0 Å². The highest BCUT2D eigenvalue weighted by molar-refractivity contribution is 4.92. The second-order valence-electron chi connectivity index (χ2n) is 3.93. The average molecular weight is 202 g/mol. The molecule has 0 aliphatic carbocycles. The quantitative estimate of drug-likeness (QED) is 0.275. The Balaban J connectivity index is 3.99. The minimum Gasteiger partial charge on any atom is -0.347 e. The van der Waals surface area contributed by atoms with Crippen molar-refractivity contribution in [2.24, 2.45) is 0 Å². The molecule has 0 saturated heterocycles. The van der Waals surface area contributed by atoms with Crippen molar-refractivity contribution in [2.75, 3.05) is 6.61 Å². The Morgan fingerprint density at radius 3 is 2.29 bits per heavy atom. The first kappa shape index (κ1) is 13.6. The van der Waals surface area contributed by atoms with Crippen LogP contribution in [0.3, 0.4) is 0 Å². The van der Waals surface area contributed by atoms with Gasteiger partial charge in [-0.25, -0.2) is 4.89 Å². The van der Waals surface area contributed by atoms with E-state index in [0.29, 0.717) is 6.61 Å². The summed E-state index contributed by atoms with van der Waals surface area (Å²) in [6.45, 7) is 14.1.